The normalized spacial score (nSPS) is 11.6. The molecule has 120 valence electrons. The molecule has 1 nitrogen and oxygen atoms in total. The lowest BCUT2D eigenvalue weighted by Gasteiger charge is -2.10. The van der Waals surface area contributed by atoms with Gasteiger partial charge in [-0.3, -0.25) is 0 Å². The third kappa shape index (κ3) is 2.28. The van der Waals surface area contributed by atoms with Crippen LogP contribution in [0.2, 0.25) is 5.02 Å². The van der Waals surface area contributed by atoms with E-state index < -0.39 is 0 Å². The molecule has 0 unspecified atom stereocenters. The van der Waals surface area contributed by atoms with Crippen LogP contribution in [0.25, 0.3) is 43.8 Å². The van der Waals surface area contributed by atoms with Gasteiger partial charge >= 0.3 is 0 Å². The maximum atomic E-state index is 6.52. The summed E-state index contributed by atoms with van der Waals surface area (Å²) in [6, 6.07) is 24.8. The lowest BCUT2D eigenvalue weighted by molar-refractivity contribution is 0.670. The van der Waals surface area contributed by atoms with E-state index in [-0.39, 0.29) is 0 Å². The van der Waals surface area contributed by atoms with Gasteiger partial charge in [0, 0.05) is 25.3 Å². The molecule has 0 fully saturated rings. The van der Waals surface area contributed by atoms with Crippen LogP contribution in [-0.4, -0.2) is 0 Å². The van der Waals surface area contributed by atoms with E-state index in [2.05, 4.69) is 71.1 Å². The van der Waals surface area contributed by atoms with Gasteiger partial charge in [-0.15, -0.1) is 0 Å². The Morgan fingerprint density at radius 1 is 0.720 bits per heavy atom. The van der Waals surface area contributed by atoms with Crippen molar-refractivity contribution in [2.24, 2.45) is 0 Å². The summed E-state index contributed by atoms with van der Waals surface area (Å²) in [5, 5.41) is 5.23. The molecule has 0 spiro atoms. The minimum atomic E-state index is 0.721. The van der Waals surface area contributed by atoms with Crippen molar-refractivity contribution in [1.82, 2.24) is 0 Å². The number of benzene rings is 4. The van der Waals surface area contributed by atoms with Crippen LogP contribution in [0.4, 0.5) is 0 Å². The molecule has 0 amide bonds. The first-order valence-electron chi connectivity index (χ1n) is 8.01. The summed E-state index contributed by atoms with van der Waals surface area (Å²) in [6.45, 7) is 0. The summed E-state index contributed by atoms with van der Waals surface area (Å²) in [6.07, 6.45) is 0. The highest BCUT2D eigenvalue weighted by Crippen LogP contribution is 2.42. The Hall–Kier alpha value is -2.04. The molecular weight excluding hydrogens is 443 g/mol. The molecule has 1 heterocycles. The van der Waals surface area contributed by atoms with Crippen LogP contribution >= 0.6 is 34.2 Å². The Kier molecular flexibility index (Phi) is 3.50. The molecule has 0 atom stereocenters. The molecule has 0 aliphatic rings. The standard InChI is InChI=1S/C22H12ClIO/c23-17-12-11-15(22-21(17)16-7-1-2-10-19(16)25-22)14-8-3-5-13-6-4-9-18(24)20(13)14/h1-12H. The minimum absolute atomic E-state index is 0.721. The smallest absolute Gasteiger partial charge is 0.144 e. The number of rotatable bonds is 1. The fraction of sp³-hybridized carbons (Fsp3) is 0. The van der Waals surface area contributed by atoms with Crippen LogP contribution in [0.3, 0.4) is 0 Å². The number of fused-ring (bicyclic) bond motifs is 4. The number of hydrogen-bond donors (Lipinski definition) is 0. The fourth-order valence-corrected chi connectivity index (χ4v) is 4.58. The zero-order chi connectivity index (χ0) is 17.0. The highest BCUT2D eigenvalue weighted by molar-refractivity contribution is 14.1. The second-order valence-electron chi connectivity index (χ2n) is 6.04. The lowest BCUT2D eigenvalue weighted by atomic mass is 9.96. The largest absolute Gasteiger partial charge is 0.455 e. The average Bonchev–Trinajstić information content (AvgIpc) is 3.02. The van der Waals surface area contributed by atoms with E-state index in [9.17, 15) is 0 Å². The molecule has 0 N–H and O–H groups in total. The van der Waals surface area contributed by atoms with Crippen molar-refractivity contribution < 1.29 is 4.42 Å². The van der Waals surface area contributed by atoms with Gasteiger partial charge in [-0.05, 0) is 57.8 Å². The number of furan rings is 1. The van der Waals surface area contributed by atoms with Crippen molar-refractivity contribution in [3.63, 3.8) is 0 Å². The summed E-state index contributed by atoms with van der Waals surface area (Å²) in [5.41, 5.74) is 3.95. The molecular formula is C22H12ClIO. The van der Waals surface area contributed by atoms with Gasteiger partial charge < -0.3 is 4.42 Å². The Balaban J connectivity index is 1.96. The number of para-hydroxylation sites is 1. The van der Waals surface area contributed by atoms with Crippen LogP contribution in [0.15, 0.2) is 77.2 Å². The zero-order valence-electron chi connectivity index (χ0n) is 13.1. The Labute approximate surface area is 163 Å². The molecule has 1 aromatic heterocycles. The summed E-state index contributed by atoms with van der Waals surface area (Å²) in [4.78, 5) is 0. The average molecular weight is 455 g/mol. The maximum absolute atomic E-state index is 6.52. The van der Waals surface area contributed by atoms with Crippen molar-refractivity contribution in [3.8, 4) is 11.1 Å². The summed E-state index contributed by atoms with van der Waals surface area (Å²) >= 11 is 8.92. The van der Waals surface area contributed by atoms with Gasteiger partial charge in [-0.1, -0.05) is 60.1 Å². The second kappa shape index (κ2) is 5.75. The molecule has 4 aromatic carbocycles. The monoisotopic (exact) mass is 454 g/mol. The van der Waals surface area contributed by atoms with Gasteiger partial charge in [0.1, 0.15) is 11.2 Å². The molecule has 0 aliphatic heterocycles. The first kappa shape index (κ1) is 15.2. The van der Waals surface area contributed by atoms with Crippen LogP contribution in [0, 0.1) is 3.57 Å². The quantitative estimate of drug-likeness (QED) is 0.237. The Morgan fingerprint density at radius 2 is 1.52 bits per heavy atom. The number of hydrogen-bond acceptors (Lipinski definition) is 1. The summed E-state index contributed by atoms with van der Waals surface area (Å²) in [7, 11) is 0. The maximum Gasteiger partial charge on any atom is 0.144 e. The highest BCUT2D eigenvalue weighted by atomic mass is 127. The topological polar surface area (TPSA) is 13.1 Å². The fourth-order valence-electron chi connectivity index (χ4n) is 3.52. The van der Waals surface area contributed by atoms with Gasteiger partial charge in [0.15, 0.2) is 0 Å². The van der Waals surface area contributed by atoms with E-state index in [1.807, 2.05) is 24.3 Å². The van der Waals surface area contributed by atoms with Crippen molar-refractivity contribution >= 4 is 66.9 Å². The molecule has 3 heteroatoms. The van der Waals surface area contributed by atoms with E-state index >= 15 is 0 Å². The predicted octanol–water partition coefficient (Wildman–Crippen LogP) is 7.66. The van der Waals surface area contributed by atoms with Crippen molar-refractivity contribution in [1.29, 1.82) is 0 Å². The first-order chi connectivity index (χ1) is 12.2. The molecule has 0 saturated carbocycles. The first-order valence-corrected chi connectivity index (χ1v) is 9.47. The van der Waals surface area contributed by atoms with E-state index in [1.54, 1.807) is 0 Å². The summed E-state index contributed by atoms with van der Waals surface area (Å²) < 4.78 is 7.45. The Morgan fingerprint density at radius 3 is 2.40 bits per heavy atom. The molecule has 5 aromatic rings. The van der Waals surface area contributed by atoms with Gasteiger partial charge in [-0.25, -0.2) is 0 Å². The molecule has 0 bridgehead atoms. The summed E-state index contributed by atoms with van der Waals surface area (Å²) in [5.74, 6) is 0. The van der Waals surface area contributed by atoms with E-state index in [4.69, 9.17) is 16.0 Å². The van der Waals surface area contributed by atoms with Crippen LogP contribution < -0.4 is 0 Å². The zero-order valence-corrected chi connectivity index (χ0v) is 16.0. The third-order valence-electron chi connectivity index (χ3n) is 4.62. The number of halogens is 2. The SMILES string of the molecule is Clc1ccc(-c2cccc3cccc(I)c23)c2oc3ccccc3c12. The minimum Gasteiger partial charge on any atom is -0.455 e. The van der Waals surface area contributed by atoms with E-state index in [1.165, 1.54) is 19.9 Å². The molecule has 0 radical (unpaired) electrons. The van der Waals surface area contributed by atoms with Gasteiger partial charge in [0.05, 0.1) is 5.02 Å². The molecule has 0 saturated heterocycles. The molecule has 25 heavy (non-hydrogen) atoms. The van der Waals surface area contributed by atoms with Gasteiger partial charge in [0.2, 0.25) is 0 Å². The van der Waals surface area contributed by atoms with E-state index in [0.717, 1.165) is 32.5 Å². The van der Waals surface area contributed by atoms with Crippen molar-refractivity contribution in [3.05, 3.63) is 81.4 Å². The van der Waals surface area contributed by atoms with Crippen LogP contribution in [0.1, 0.15) is 0 Å². The molecule has 0 aliphatic carbocycles. The second-order valence-corrected chi connectivity index (χ2v) is 7.61. The highest BCUT2D eigenvalue weighted by Gasteiger charge is 2.17. The van der Waals surface area contributed by atoms with Crippen molar-refractivity contribution in [2.45, 2.75) is 0 Å². The van der Waals surface area contributed by atoms with Gasteiger partial charge in [0.25, 0.3) is 0 Å². The molecule has 5 rings (SSSR count). The predicted molar refractivity (Wildman–Crippen MR) is 114 cm³/mol. The van der Waals surface area contributed by atoms with Crippen LogP contribution in [0.5, 0.6) is 0 Å². The lowest BCUT2D eigenvalue weighted by Crippen LogP contribution is -1.85. The van der Waals surface area contributed by atoms with Crippen LogP contribution in [-0.2, 0) is 0 Å². The third-order valence-corrected chi connectivity index (χ3v) is 5.83. The van der Waals surface area contributed by atoms with E-state index in [0.29, 0.717) is 0 Å². The van der Waals surface area contributed by atoms with Gasteiger partial charge in [-0.2, -0.15) is 0 Å². The van der Waals surface area contributed by atoms with Crippen molar-refractivity contribution in [2.75, 3.05) is 0 Å². The Bertz CT molecular complexity index is 1260.